The van der Waals surface area contributed by atoms with Crippen LogP contribution in [0, 0.1) is 34.5 Å². The van der Waals surface area contributed by atoms with Gasteiger partial charge in [0, 0.05) is 33.5 Å². The third-order valence-electron chi connectivity index (χ3n) is 9.95. The predicted molar refractivity (Wildman–Crippen MR) is 128 cm³/mol. The molecule has 2 fully saturated rings. The quantitative estimate of drug-likeness (QED) is 0.543. The summed E-state index contributed by atoms with van der Waals surface area (Å²) in [5.74, 6) is 1.49. The molecule has 2 aromatic rings. The van der Waals surface area contributed by atoms with Crippen LogP contribution in [0.15, 0.2) is 36.0 Å². The molecular weight excluding hydrogens is 382 g/mol. The SMILES string of the molecule is CC(C)C1=C(c2c[nH]c3ccccc23)[C@@H]2[C@H](C)C[C@@H](O)[C@@]3(C)[C@H](C)CC[C@@H](O)[C@@]23CC1. The van der Waals surface area contributed by atoms with Gasteiger partial charge in [0.05, 0.1) is 12.2 Å². The van der Waals surface area contributed by atoms with Crippen molar-refractivity contribution in [2.45, 2.75) is 78.9 Å². The van der Waals surface area contributed by atoms with Crippen LogP contribution in [0.3, 0.4) is 0 Å². The molecule has 3 aliphatic carbocycles. The maximum atomic E-state index is 11.7. The van der Waals surface area contributed by atoms with Gasteiger partial charge in [0.1, 0.15) is 0 Å². The second-order valence-electron chi connectivity index (χ2n) is 11.4. The van der Waals surface area contributed by atoms with E-state index in [0.29, 0.717) is 17.8 Å². The number of allylic oxidation sites excluding steroid dienone is 2. The molecule has 3 N–H and O–H groups in total. The molecule has 1 aromatic carbocycles. The molecule has 5 rings (SSSR count). The lowest BCUT2D eigenvalue weighted by atomic mass is 9.37. The number of aliphatic hydroxyl groups excluding tert-OH is 2. The van der Waals surface area contributed by atoms with Crippen LogP contribution in [-0.4, -0.2) is 27.4 Å². The van der Waals surface area contributed by atoms with E-state index in [2.05, 4.69) is 70.1 Å². The highest BCUT2D eigenvalue weighted by Crippen LogP contribution is 2.71. The molecule has 3 aliphatic rings. The van der Waals surface area contributed by atoms with Crippen molar-refractivity contribution in [3.8, 4) is 0 Å². The summed E-state index contributed by atoms with van der Waals surface area (Å²) in [6, 6.07) is 8.60. The van der Waals surface area contributed by atoms with E-state index in [4.69, 9.17) is 0 Å². The Hall–Kier alpha value is -1.58. The van der Waals surface area contributed by atoms with Crippen molar-refractivity contribution in [2.75, 3.05) is 0 Å². The number of benzene rings is 1. The zero-order valence-electron chi connectivity index (χ0n) is 19.8. The number of hydrogen-bond donors (Lipinski definition) is 3. The number of rotatable bonds is 2. The maximum absolute atomic E-state index is 11.7. The normalized spacial score (nSPS) is 40.8. The molecule has 0 aliphatic heterocycles. The first-order valence-corrected chi connectivity index (χ1v) is 12.4. The number of aromatic amines is 1. The molecule has 1 spiro atoms. The van der Waals surface area contributed by atoms with E-state index in [1.54, 1.807) is 5.57 Å². The van der Waals surface area contributed by atoms with E-state index in [1.807, 2.05) is 0 Å². The Morgan fingerprint density at radius 2 is 1.81 bits per heavy atom. The molecule has 0 amide bonds. The van der Waals surface area contributed by atoms with Crippen molar-refractivity contribution in [3.05, 3.63) is 41.6 Å². The number of aliphatic hydroxyl groups is 2. The molecule has 7 atom stereocenters. The number of para-hydroxylation sites is 1. The zero-order valence-corrected chi connectivity index (χ0v) is 19.8. The largest absolute Gasteiger partial charge is 0.393 e. The molecule has 1 aromatic heterocycles. The number of aromatic nitrogens is 1. The molecule has 0 saturated heterocycles. The van der Waals surface area contributed by atoms with Crippen LogP contribution >= 0.6 is 0 Å². The Morgan fingerprint density at radius 1 is 1.06 bits per heavy atom. The Kier molecular flexibility index (Phi) is 4.95. The number of nitrogens with one attached hydrogen (secondary N) is 1. The molecule has 3 nitrogen and oxygen atoms in total. The molecule has 31 heavy (non-hydrogen) atoms. The van der Waals surface area contributed by atoms with Crippen molar-refractivity contribution in [3.63, 3.8) is 0 Å². The molecule has 0 unspecified atom stereocenters. The fourth-order valence-corrected chi connectivity index (χ4v) is 8.25. The summed E-state index contributed by atoms with van der Waals surface area (Å²) in [4.78, 5) is 3.52. The standard InChI is InChI=1S/C28H39NO2/c1-16(2)19-12-13-28-23(30)11-10-18(4)27(28,5)24(31)14-17(3)26(28)25(19)21-15-29-22-9-7-6-8-20(21)22/h6-9,15-18,23-24,26,29-31H,10-14H2,1-5H3/t17-,18-,23-,24-,26+,27-,28+/m1/s1. The minimum absolute atomic E-state index is 0.262. The van der Waals surface area contributed by atoms with E-state index in [1.165, 1.54) is 22.0 Å². The van der Waals surface area contributed by atoms with Crippen LogP contribution in [0.1, 0.15) is 72.3 Å². The zero-order chi connectivity index (χ0) is 22.1. The van der Waals surface area contributed by atoms with Gasteiger partial charge in [0.2, 0.25) is 0 Å². The Morgan fingerprint density at radius 3 is 2.55 bits per heavy atom. The van der Waals surface area contributed by atoms with E-state index in [0.717, 1.165) is 32.1 Å². The van der Waals surface area contributed by atoms with Gasteiger partial charge in [-0.15, -0.1) is 0 Å². The van der Waals surface area contributed by atoms with Gasteiger partial charge in [-0.1, -0.05) is 58.4 Å². The Balaban J connectivity index is 1.80. The lowest BCUT2D eigenvalue weighted by Crippen LogP contribution is -2.68. The van der Waals surface area contributed by atoms with Crippen LogP contribution in [-0.2, 0) is 0 Å². The van der Waals surface area contributed by atoms with Gasteiger partial charge >= 0.3 is 0 Å². The van der Waals surface area contributed by atoms with Gasteiger partial charge in [0.25, 0.3) is 0 Å². The second-order valence-corrected chi connectivity index (χ2v) is 11.4. The summed E-state index contributed by atoms with van der Waals surface area (Å²) in [7, 11) is 0. The number of hydrogen-bond acceptors (Lipinski definition) is 2. The summed E-state index contributed by atoms with van der Waals surface area (Å²) in [5.41, 5.74) is 4.99. The first-order chi connectivity index (χ1) is 14.7. The Bertz CT molecular complexity index is 1020. The van der Waals surface area contributed by atoms with Gasteiger partial charge in [-0.25, -0.2) is 0 Å². The lowest BCUT2D eigenvalue weighted by Gasteiger charge is -2.68. The van der Waals surface area contributed by atoms with Crippen molar-refractivity contribution < 1.29 is 10.2 Å². The van der Waals surface area contributed by atoms with Crippen LogP contribution in [0.2, 0.25) is 0 Å². The van der Waals surface area contributed by atoms with E-state index >= 15 is 0 Å². The minimum Gasteiger partial charge on any atom is -0.393 e. The number of fused-ring (bicyclic) bond motifs is 1. The van der Waals surface area contributed by atoms with Crippen molar-refractivity contribution >= 4 is 16.5 Å². The number of H-pyrrole nitrogens is 1. The van der Waals surface area contributed by atoms with Gasteiger partial charge in [-0.05, 0) is 67.4 Å². The van der Waals surface area contributed by atoms with Crippen LogP contribution < -0.4 is 0 Å². The van der Waals surface area contributed by atoms with E-state index in [9.17, 15) is 10.2 Å². The average Bonchev–Trinajstić information content (AvgIpc) is 3.17. The summed E-state index contributed by atoms with van der Waals surface area (Å²) >= 11 is 0. The van der Waals surface area contributed by atoms with Crippen LogP contribution in [0.5, 0.6) is 0 Å². The summed E-state index contributed by atoms with van der Waals surface area (Å²) in [6.45, 7) is 11.6. The second kappa shape index (κ2) is 7.22. The molecule has 168 valence electrons. The van der Waals surface area contributed by atoms with Gasteiger partial charge in [-0.3, -0.25) is 0 Å². The van der Waals surface area contributed by atoms with Crippen LogP contribution in [0.4, 0.5) is 0 Å². The molecule has 1 heterocycles. The van der Waals surface area contributed by atoms with Gasteiger partial charge in [0.15, 0.2) is 0 Å². The van der Waals surface area contributed by atoms with Gasteiger partial charge in [-0.2, -0.15) is 0 Å². The third-order valence-corrected chi connectivity index (χ3v) is 9.95. The first-order valence-electron chi connectivity index (χ1n) is 12.4. The highest BCUT2D eigenvalue weighted by atomic mass is 16.3. The van der Waals surface area contributed by atoms with Crippen molar-refractivity contribution in [1.29, 1.82) is 0 Å². The van der Waals surface area contributed by atoms with Crippen LogP contribution in [0.25, 0.3) is 16.5 Å². The maximum Gasteiger partial charge on any atom is 0.0608 e. The Labute approximate surface area is 187 Å². The fourth-order valence-electron chi connectivity index (χ4n) is 8.25. The van der Waals surface area contributed by atoms with E-state index in [-0.39, 0.29) is 29.0 Å². The molecule has 2 saturated carbocycles. The van der Waals surface area contributed by atoms with Crippen molar-refractivity contribution in [1.82, 2.24) is 4.98 Å². The highest BCUT2D eigenvalue weighted by Gasteiger charge is 2.68. The monoisotopic (exact) mass is 421 g/mol. The lowest BCUT2D eigenvalue weighted by molar-refractivity contribution is -0.240. The smallest absolute Gasteiger partial charge is 0.0608 e. The highest BCUT2D eigenvalue weighted by molar-refractivity contribution is 5.94. The predicted octanol–water partition coefficient (Wildman–Crippen LogP) is 6.17. The molecular formula is C28H39NO2. The third kappa shape index (κ3) is 2.66. The summed E-state index contributed by atoms with van der Waals surface area (Å²) in [5, 5.41) is 24.5. The average molecular weight is 422 g/mol. The first kappa shape index (κ1) is 21.3. The van der Waals surface area contributed by atoms with Crippen molar-refractivity contribution in [2.24, 2.45) is 34.5 Å². The minimum atomic E-state index is -0.356. The van der Waals surface area contributed by atoms with E-state index < -0.39 is 0 Å². The topological polar surface area (TPSA) is 56.2 Å². The summed E-state index contributed by atoms with van der Waals surface area (Å²) in [6.07, 6.45) is 6.17. The molecule has 0 bridgehead atoms. The molecule has 3 heteroatoms. The summed E-state index contributed by atoms with van der Waals surface area (Å²) < 4.78 is 0. The molecule has 0 radical (unpaired) electrons. The fraction of sp³-hybridized carbons (Fsp3) is 0.643. The van der Waals surface area contributed by atoms with Gasteiger partial charge < -0.3 is 15.2 Å².